The molecule has 1 radical (unpaired) electrons. The summed E-state index contributed by atoms with van der Waals surface area (Å²) in [6, 6.07) is 0. The minimum atomic E-state index is 0. The molecule has 17 heavy (non-hydrogen) atoms. The maximum absolute atomic E-state index is 7.25. The monoisotopic (exact) mass is 325 g/mol. The second kappa shape index (κ2) is 15.8. The Bertz CT molecular complexity index is 241. The summed E-state index contributed by atoms with van der Waals surface area (Å²) >= 11 is 0. The van der Waals surface area contributed by atoms with E-state index in [0.717, 1.165) is 0 Å². The molecule has 1 aliphatic carbocycles. The first-order valence-corrected chi connectivity index (χ1v) is 5.35. The molecule has 0 fully saturated rings. The van der Waals surface area contributed by atoms with Crippen molar-refractivity contribution in [3.63, 3.8) is 0 Å². The van der Waals surface area contributed by atoms with Crippen LogP contribution in [-0.4, -0.2) is 0 Å². The van der Waals surface area contributed by atoms with Gasteiger partial charge in [0, 0.05) is 5.92 Å². The third kappa shape index (κ3) is 7.65. The van der Waals surface area contributed by atoms with Crippen molar-refractivity contribution in [2.45, 2.75) is 48.5 Å². The summed E-state index contributed by atoms with van der Waals surface area (Å²) in [4.78, 5) is 0. The fraction of sp³-hybridized carbons (Fsp3) is 0.500. The Labute approximate surface area is 120 Å². The Morgan fingerprint density at radius 1 is 0.647 bits per heavy atom. The van der Waals surface area contributed by atoms with Crippen molar-refractivity contribution in [3.8, 4) is 0 Å². The van der Waals surface area contributed by atoms with Crippen molar-refractivity contribution < 1.29 is 24.3 Å². The number of hydrogen-bond donors (Lipinski definition) is 0. The predicted molar refractivity (Wildman–Crippen MR) is 70.1 cm³/mol. The zero-order chi connectivity index (χ0) is 13.9. The molecule has 1 rings (SSSR count). The maximum atomic E-state index is 7.25. The van der Waals surface area contributed by atoms with Crippen LogP contribution in [0.5, 0.6) is 0 Å². The first-order valence-electron chi connectivity index (χ1n) is 5.35. The SMILES string of the molecule is C[C]1C(C)=C(C)C(C)=C1C.N#[O+].[CH2-]C.[CH2-]C.[Ru+2]. The van der Waals surface area contributed by atoms with Crippen LogP contribution in [0.15, 0.2) is 22.3 Å². The van der Waals surface area contributed by atoms with Crippen molar-refractivity contribution >= 4 is 0 Å². The topological polar surface area (TPSA) is 43.7 Å². The van der Waals surface area contributed by atoms with Crippen molar-refractivity contribution in [3.05, 3.63) is 42.1 Å². The van der Waals surface area contributed by atoms with Crippen molar-refractivity contribution in [2.24, 2.45) is 0 Å². The molecule has 3 heteroatoms. The van der Waals surface area contributed by atoms with E-state index >= 15 is 0 Å². The van der Waals surface area contributed by atoms with E-state index in [9.17, 15) is 0 Å². The molecule has 0 aromatic heterocycles. The van der Waals surface area contributed by atoms with Gasteiger partial charge in [0.05, 0.1) is 0 Å². The average Bonchev–Trinajstić information content (AvgIpc) is 2.55. The van der Waals surface area contributed by atoms with Crippen LogP contribution in [0.2, 0.25) is 0 Å². The van der Waals surface area contributed by atoms with Gasteiger partial charge in [-0.15, -0.1) is 0 Å². The summed E-state index contributed by atoms with van der Waals surface area (Å²) in [5, 5.41) is 0. The normalized spacial score (nSPS) is 13.4. The molecule has 0 aromatic rings. The van der Waals surface area contributed by atoms with Crippen molar-refractivity contribution in [2.75, 3.05) is 0 Å². The van der Waals surface area contributed by atoms with Crippen LogP contribution in [0.4, 0.5) is 0 Å². The van der Waals surface area contributed by atoms with Crippen LogP contribution in [0, 0.1) is 25.2 Å². The maximum Gasteiger partial charge on any atom is 2.00 e. The molecule has 0 aliphatic heterocycles. The van der Waals surface area contributed by atoms with Crippen LogP contribution in [0.25, 0.3) is 0 Å². The van der Waals surface area contributed by atoms with Gasteiger partial charge in [0.25, 0.3) is 0 Å². The van der Waals surface area contributed by atoms with E-state index in [0.29, 0.717) is 0 Å². The summed E-state index contributed by atoms with van der Waals surface area (Å²) in [6.45, 7) is 21.0. The molecule has 99 valence electrons. The standard InChI is InChI=1S/C10H15.2C2H5.NO.Ru/c1-6-7(2)9(4)10(5)8(6)3;3*1-2;/h1-5H3;2*1H2,2H3;;/q;2*-1;+1;+2. The molecule has 0 N–H and O–H groups in total. The number of hydrogen-bond acceptors (Lipinski definition) is 1. The summed E-state index contributed by atoms with van der Waals surface area (Å²) in [5.41, 5.74) is 11.6. The largest absolute Gasteiger partial charge is 2.00 e. The first-order chi connectivity index (χ1) is 7.55. The van der Waals surface area contributed by atoms with E-state index in [1.807, 2.05) is 0 Å². The minimum Gasteiger partial charge on any atom is -0.346 e. The first kappa shape index (κ1) is 25.6. The van der Waals surface area contributed by atoms with Crippen LogP contribution in [-0.2, 0) is 24.3 Å². The number of rotatable bonds is 0. The fourth-order valence-electron chi connectivity index (χ4n) is 1.41. The Morgan fingerprint density at radius 3 is 0.882 bits per heavy atom. The van der Waals surface area contributed by atoms with E-state index in [1.54, 1.807) is 13.8 Å². The zero-order valence-corrected chi connectivity index (χ0v) is 13.9. The van der Waals surface area contributed by atoms with Crippen LogP contribution >= 0.6 is 0 Å². The van der Waals surface area contributed by atoms with Gasteiger partial charge >= 0.3 is 29.7 Å². The van der Waals surface area contributed by atoms with Gasteiger partial charge in [-0.3, -0.25) is 0 Å². The molecule has 0 aromatic carbocycles. The second-order valence-corrected chi connectivity index (χ2v) is 3.12. The van der Waals surface area contributed by atoms with Crippen LogP contribution in [0.3, 0.4) is 0 Å². The van der Waals surface area contributed by atoms with Crippen LogP contribution < -0.4 is 0 Å². The van der Waals surface area contributed by atoms with Gasteiger partial charge < -0.3 is 13.8 Å². The Balaban J connectivity index is -0.000000106. The Hall–Kier alpha value is -0.227. The minimum absolute atomic E-state index is 0. The second-order valence-electron chi connectivity index (χ2n) is 3.12. The van der Waals surface area contributed by atoms with E-state index < -0.39 is 0 Å². The molecule has 0 unspecified atom stereocenters. The molecule has 0 amide bonds. The van der Waals surface area contributed by atoms with Gasteiger partial charge in [-0.2, -0.15) is 13.8 Å². The van der Waals surface area contributed by atoms with E-state index in [1.165, 1.54) is 28.2 Å². The van der Waals surface area contributed by atoms with Gasteiger partial charge in [-0.25, -0.2) is 0 Å². The molecular formula is C14H25NORu+. The van der Waals surface area contributed by atoms with Gasteiger partial charge in [-0.05, 0) is 38.8 Å². The quantitative estimate of drug-likeness (QED) is 0.357. The summed E-state index contributed by atoms with van der Waals surface area (Å²) in [7, 11) is 0. The Kier molecular flexibility index (Phi) is 23.7. The third-order valence-corrected chi connectivity index (χ3v) is 2.81. The molecule has 0 atom stereocenters. The predicted octanol–water partition coefficient (Wildman–Crippen LogP) is 4.84. The number of allylic oxidation sites excluding steroid dienone is 4. The summed E-state index contributed by atoms with van der Waals surface area (Å²) < 4.78 is 7.25. The van der Waals surface area contributed by atoms with E-state index in [2.05, 4.69) is 48.5 Å². The van der Waals surface area contributed by atoms with Gasteiger partial charge in [0.2, 0.25) is 0 Å². The van der Waals surface area contributed by atoms with Gasteiger partial charge in [0.15, 0.2) is 0 Å². The molecule has 0 heterocycles. The molecule has 0 saturated carbocycles. The molecule has 2 nitrogen and oxygen atoms in total. The molecule has 0 saturated heterocycles. The van der Waals surface area contributed by atoms with Crippen molar-refractivity contribution in [1.82, 2.24) is 0 Å². The third-order valence-electron chi connectivity index (χ3n) is 2.81. The molecular weight excluding hydrogens is 299 g/mol. The van der Waals surface area contributed by atoms with E-state index in [4.69, 9.17) is 10.2 Å². The average molecular weight is 324 g/mol. The van der Waals surface area contributed by atoms with E-state index in [-0.39, 0.29) is 19.5 Å². The van der Waals surface area contributed by atoms with Crippen molar-refractivity contribution in [1.29, 1.82) is 5.46 Å². The molecule has 0 bridgehead atoms. The smallest absolute Gasteiger partial charge is 0.346 e. The fourth-order valence-corrected chi connectivity index (χ4v) is 1.41. The van der Waals surface area contributed by atoms with Crippen LogP contribution in [0.1, 0.15) is 48.5 Å². The molecule has 1 aliphatic rings. The summed E-state index contributed by atoms with van der Waals surface area (Å²) in [5.74, 6) is 1.47. The van der Waals surface area contributed by atoms with Gasteiger partial charge in [0.1, 0.15) is 0 Å². The zero-order valence-electron chi connectivity index (χ0n) is 12.1. The number of nitrogens with zero attached hydrogens (tertiary/aromatic N) is 1. The molecule has 0 spiro atoms. The Morgan fingerprint density at radius 2 is 0.824 bits per heavy atom. The van der Waals surface area contributed by atoms with Gasteiger partial charge in [-0.1, -0.05) is 18.1 Å². The summed E-state index contributed by atoms with van der Waals surface area (Å²) in [6.07, 6.45) is 0.